The smallest absolute Gasteiger partial charge is 0.113 e. The van der Waals surface area contributed by atoms with Crippen LogP contribution in [0.25, 0.3) is 0 Å². The van der Waals surface area contributed by atoms with Crippen LogP contribution >= 0.6 is 11.3 Å². The Morgan fingerprint density at radius 1 is 1.08 bits per heavy atom. The highest BCUT2D eigenvalue weighted by Gasteiger charge is 2.43. The summed E-state index contributed by atoms with van der Waals surface area (Å²) in [6.45, 7) is 1.66. The molecular weight excluding hydrogens is 328 g/mol. The number of aliphatic hydroxyl groups excluding tert-OH is 4. The Morgan fingerprint density at radius 3 is 2.54 bits per heavy atom. The number of hydrogen-bond acceptors (Lipinski definition) is 6. The van der Waals surface area contributed by atoms with Gasteiger partial charge >= 0.3 is 0 Å². The van der Waals surface area contributed by atoms with Crippen molar-refractivity contribution in [3.05, 3.63) is 57.3 Å². The molecule has 1 aromatic heterocycles. The molecule has 1 aromatic carbocycles. The van der Waals surface area contributed by atoms with Crippen molar-refractivity contribution >= 4 is 11.3 Å². The van der Waals surface area contributed by atoms with Crippen molar-refractivity contribution in [2.75, 3.05) is 6.61 Å². The van der Waals surface area contributed by atoms with Crippen LogP contribution in [0.3, 0.4) is 0 Å². The summed E-state index contributed by atoms with van der Waals surface area (Å²) in [5.74, 6) is 0. The van der Waals surface area contributed by atoms with E-state index in [1.807, 2.05) is 24.3 Å². The van der Waals surface area contributed by atoms with E-state index in [1.165, 1.54) is 10.4 Å². The highest BCUT2D eigenvalue weighted by Crippen LogP contribution is 2.33. The average Bonchev–Trinajstić information content (AvgIpc) is 2.98. The van der Waals surface area contributed by atoms with E-state index in [2.05, 4.69) is 18.4 Å². The number of ether oxygens (including phenoxy) is 1. The van der Waals surface area contributed by atoms with Crippen LogP contribution in [0.1, 0.15) is 27.7 Å². The number of benzene rings is 1. The van der Waals surface area contributed by atoms with Crippen molar-refractivity contribution in [2.45, 2.75) is 43.9 Å². The molecule has 0 radical (unpaired) electrons. The SMILES string of the molecule is Cc1ccsc1Cc1cccc([C@@H]2O[C@H](CO)[C@@H](O)[C@H](O)[C@H]2O)c1. The van der Waals surface area contributed by atoms with Crippen molar-refractivity contribution in [3.8, 4) is 0 Å². The summed E-state index contributed by atoms with van der Waals surface area (Å²) in [4.78, 5) is 1.28. The number of aryl methyl sites for hydroxylation is 1. The highest BCUT2D eigenvalue weighted by atomic mass is 32.1. The lowest BCUT2D eigenvalue weighted by Gasteiger charge is -2.40. The van der Waals surface area contributed by atoms with E-state index in [9.17, 15) is 20.4 Å². The Kier molecular flexibility index (Phi) is 5.34. The van der Waals surface area contributed by atoms with Crippen LogP contribution in [0.15, 0.2) is 35.7 Å². The Balaban J connectivity index is 1.83. The Labute approximate surface area is 144 Å². The number of hydrogen-bond donors (Lipinski definition) is 4. The fourth-order valence-corrected chi connectivity index (χ4v) is 3.97. The summed E-state index contributed by atoms with van der Waals surface area (Å²) in [6, 6.07) is 9.73. The number of aliphatic hydroxyl groups is 4. The van der Waals surface area contributed by atoms with E-state index >= 15 is 0 Å². The van der Waals surface area contributed by atoms with Crippen LogP contribution in [0.2, 0.25) is 0 Å². The molecule has 5 nitrogen and oxygen atoms in total. The quantitative estimate of drug-likeness (QED) is 0.664. The lowest BCUT2D eigenvalue weighted by Crippen LogP contribution is -2.55. The molecule has 0 aliphatic carbocycles. The van der Waals surface area contributed by atoms with Crippen molar-refractivity contribution in [1.29, 1.82) is 0 Å². The van der Waals surface area contributed by atoms with Crippen LogP contribution in [0.5, 0.6) is 0 Å². The normalized spacial score (nSPS) is 30.5. The fraction of sp³-hybridized carbons (Fsp3) is 0.444. The molecule has 0 amide bonds. The zero-order valence-corrected chi connectivity index (χ0v) is 14.2. The summed E-state index contributed by atoms with van der Waals surface area (Å²) in [7, 11) is 0. The fourth-order valence-electron chi connectivity index (χ4n) is 3.03. The second-order valence-electron chi connectivity index (χ2n) is 6.20. The van der Waals surface area contributed by atoms with Gasteiger partial charge in [0.1, 0.15) is 30.5 Å². The summed E-state index contributed by atoms with van der Waals surface area (Å²) in [5.41, 5.74) is 3.05. The molecule has 6 heteroatoms. The van der Waals surface area contributed by atoms with E-state index in [0.717, 1.165) is 17.5 Å². The van der Waals surface area contributed by atoms with Crippen LogP contribution < -0.4 is 0 Å². The second-order valence-corrected chi connectivity index (χ2v) is 7.20. The molecule has 1 aliphatic rings. The molecular formula is C18H22O5S. The maximum Gasteiger partial charge on any atom is 0.113 e. The molecule has 24 heavy (non-hydrogen) atoms. The first-order valence-electron chi connectivity index (χ1n) is 7.93. The third kappa shape index (κ3) is 3.39. The molecule has 0 bridgehead atoms. The maximum absolute atomic E-state index is 10.3. The zero-order chi connectivity index (χ0) is 17.3. The first-order chi connectivity index (χ1) is 11.5. The minimum Gasteiger partial charge on any atom is -0.394 e. The van der Waals surface area contributed by atoms with E-state index in [4.69, 9.17) is 4.74 Å². The Morgan fingerprint density at radius 2 is 1.88 bits per heavy atom. The predicted molar refractivity (Wildman–Crippen MR) is 91.0 cm³/mol. The third-order valence-electron chi connectivity index (χ3n) is 4.50. The molecule has 0 unspecified atom stereocenters. The van der Waals surface area contributed by atoms with E-state index in [0.29, 0.717) is 0 Å². The van der Waals surface area contributed by atoms with Gasteiger partial charge in [-0.1, -0.05) is 24.3 Å². The van der Waals surface area contributed by atoms with Gasteiger partial charge in [-0.25, -0.2) is 0 Å². The molecule has 0 saturated carbocycles. The molecule has 4 N–H and O–H groups in total. The summed E-state index contributed by atoms with van der Waals surface area (Å²) < 4.78 is 5.62. The minimum atomic E-state index is -1.36. The van der Waals surface area contributed by atoms with Gasteiger partial charge < -0.3 is 25.2 Å². The lowest BCUT2D eigenvalue weighted by atomic mass is 9.90. The maximum atomic E-state index is 10.3. The van der Waals surface area contributed by atoms with Crippen LogP contribution in [-0.4, -0.2) is 51.4 Å². The second kappa shape index (κ2) is 7.31. The molecule has 5 atom stereocenters. The molecule has 0 spiro atoms. The molecule has 1 saturated heterocycles. The van der Waals surface area contributed by atoms with Crippen molar-refractivity contribution in [3.63, 3.8) is 0 Å². The van der Waals surface area contributed by atoms with Gasteiger partial charge in [0.2, 0.25) is 0 Å². The molecule has 2 heterocycles. The van der Waals surface area contributed by atoms with Gasteiger partial charge in [0, 0.05) is 11.3 Å². The van der Waals surface area contributed by atoms with Gasteiger partial charge in [0.05, 0.1) is 6.61 Å². The Hall–Kier alpha value is -1.28. The Bertz CT molecular complexity index is 684. The van der Waals surface area contributed by atoms with Gasteiger partial charge in [0.25, 0.3) is 0 Å². The minimum absolute atomic E-state index is 0.421. The third-order valence-corrected chi connectivity index (χ3v) is 5.53. The molecule has 1 aliphatic heterocycles. The lowest BCUT2D eigenvalue weighted by molar-refractivity contribution is -0.231. The summed E-state index contributed by atoms with van der Waals surface area (Å²) in [5, 5.41) is 41.5. The van der Waals surface area contributed by atoms with Crippen LogP contribution in [0.4, 0.5) is 0 Å². The van der Waals surface area contributed by atoms with Gasteiger partial charge in [-0.05, 0) is 35.1 Å². The van der Waals surface area contributed by atoms with Crippen molar-refractivity contribution in [1.82, 2.24) is 0 Å². The zero-order valence-electron chi connectivity index (χ0n) is 13.4. The van der Waals surface area contributed by atoms with Crippen LogP contribution in [-0.2, 0) is 11.2 Å². The van der Waals surface area contributed by atoms with Gasteiger partial charge in [-0.2, -0.15) is 0 Å². The molecule has 2 aromatic rings. The summed E-state index contributed by atoms with van der Waals surface area (Å²) >= 11 is 1.70. The molecule has 3 rings (SSSR count). The van der Waals surface area contributed by atoms with Crippen molar-refractivity contribution < 1.29 is 25.2 Å². The van der Waals surface area contributed by atoms with Gasteiger partial charge in [-0.3, -0.25) is 0 Å². The van der Waals surface area contributed by atoms with E-state index in [1.54, 1.807) is 11.3 Å². The van der Waals surface area contributed by atoms with E-state index < -0.39 is 37.1 Å². The highest BCUT2D eigenvalue weighted by molar-refractivity contribution is 7.10. The number of rotatable bonds is 4. The van der Waals surface area contributed by atoms with Gasteiger partial charge in [-0.15, -0.1) is 11.3 Å². The van der Waals surface area contributed by atoms with Crippen LogP contribution in [0, 0.1) is 6.92 Å². The first-order valence-corrected chi connectivity index (χ1v) is 8.81. The standard InChI is InChI=1S/C18H22O5S/c1-10-5-6-24-14(10)8-11-3-2-4-12(7-11)18-17(22)16(21)15(20)13(9-19)23-18/h2-7,13,15-22H,8-9H2,1H3/t13-,15-,16+,17-,18+/m1/s1. The first kappa shape index (κ1) is 17.5. The molecule has 130 valence electrons. The predicted octanol–water partition coefficient (Wildman–Crippen LogP) is 1.16. The van der Waals surface area contributed by atoms with E-state index in [-0.39, 0.29) is 0 Å². The van der Waals surface area contributed by atoms with Crippen molar-refractivity contribution in [2.24, 2.45) is 0 Å². The van der Waals surface area contributed by atoms with Gasteiger partial charge in [0.15, 0.2) is 0 Å². The molecule has 1 fully saturated rings. The topological polar surface area (TPSA) is 90.2 Å². The average molecular weight is 350 g/mol. The summed E-state index contributed by atoms with van der Waals surface area (Å²) in [6.07, 6.45) is -4.83. The largest absolute Gasteiger partial charge is 0.394 e. The monoisotopic (exact) mass is 350 g/mol. The number of thiophene rings is 1.